The quantitative estimate of drug-likeness (QED) is 0.878. The molecule has 0 radical (unpaired) electrons. The molecule has 18 heavy (non-hydrogen) atoms. The van der Waals surface area contributed by atoms with Crippen molar-refractivity contribution < 1.29 is 14.6 Å². The lowest BCUT2D eigenvalue weighted by atomic mass is 9.88. The van der Waals surface area contributed by atoms with Crippen molar-refractivity contribution in [3.63, 3.8) is 0 Å². The standard InChI is InChI=1S/C15H14O3/c1-17-12-8-6-11(7-9-12)15(16)10-18-14-5-3-2-4-13(14)15/h2-9,16H,10H2,1H3. The Hall–Kier alpha value is -2.00. The number of para-hydroxylation sites is 1. The minimum atomic E-state index is -1.07. The molecule has 0 spiro atoms. The van der Waals surface area contributed by atoms with Gasteiger partial charge >= 0.3 is 0 Å². The van der Waals surface area contributed by atoms with E-state index in [-0.39, 0.29) is 6.61 Å². The van der Waals surface area contributed by atoms with Crippen LogP contribution in [0.4, 0.5) is 0 Å². The van der Waals surface area contributed by atoms with Gasteiger partial charge in [-0.15, -0.1) is 0 Å². The first-order chi connectivity index (χ1) is 8.74. The zero-order valence-corrected chi connectivity index (χ0v) is 10.1. The average molecular weight is 242 g/mol. The monoisotopic (exact) mass is 242 g/mol. The van der Waals surface area contributed by atoms with Gasteiger partial charge in [0.2, 0.25) is 0 Å². The number of rotatable bonds is 2. The third-order valence-corrected chi connectivity index (χ3v) is 3.34. The van der Waals surface area contributed by atoms with Crippen LogP contribution in [0.15, 0.2) is 48.5 Å². The summed E-state index contributed by atoms with van der Waals surface area (Å²) >= 11 is 0. The fourth-order valence-electron chi connectivity index (χ4n) is 2.30. The highest BCUT2D eigenvalue weighted by Crippen LogP contribution is 2.41. The van der Waals surface area contributed by atoms with E-state index in [1.54, 1.807) is 7.11 Å². The molecule has 1 aliphatic rings. The van der Waals surface area contributed by atoms with Crippen LogP contribution in [0, 0.1) is 0 Å². The highest BCUT2D eigenvalue weighted by atomic mass is 16.5. The summed E-state index contributed by atoms with van der Waals surface area (Å²) in [4.78, 5) is 0. The van der Waals surface area contributed by atoms with E-state index in [2.05, 4.69) is 0 Å². The van der Waals surface area contributed by atoms with E-state index in [0.717, 1.165) is 22.6 Å². The molecule has 0 saturated carbocycles. The number of fused-ring (bicyclic) bond motifs is 1. The SMILES string of the molecule is COc1ccc(C2(O)COc3ccccc32)cc1. The van der Waals surface area contributed by atoms with Gasteiger partial charge in [-0.25, -0.2) is 0 Å². The van der Waals surface area contributed by atoms with Gasteiger partial charge in [-0.1, -0.05) is 30.3 Å². The van der Waals surface area contributed by atoms with Crippen molar-refractivity contribution in [2.24, 2.45) is 0 Å². The first-order valence-electron chi connectivity index (χ1n) is 5.83. The molecule has 3 heteroatoms. The van der Waals surface area contributed by atoms with Gasteiger partial charge in [0.1, 0.15) is 18.1 Å². The molecule has 2 aromatic rings. The van der Waals surface area contributed by atoms with Gasteiger partial charge in [0.15, 0.2) is 5.60 Å². The highest BCUT2D eigenvalue weighted by Gasteiger charge is 2.40. The van der Waals surface area contributed by atoms with Crippen LogP contribution >= 0.6 is 0 Å². The molecule has 1 aliphatic heterocycles. The molecule has 2 aromatic carbocycles. The molecule has 3 rings (SSSR count). The average Bonchev–Trinajstić information content (AvgIpc) is 2.78. The summed E-state index contributed by atoms with van der Waals surface area (Å²) in [5, 5.41) is 10.8. The largest absolute Gasteiger partial charge is 0.497 e. The fourth-order valence-corrected chi connectivity index (χ4v) is 2.30. The normalized spacial score (nSPS) is 21.2. The Morgan fingerprint density at radius 1 is 1.11 bits per heavy atom. The number of benzene rings is 2. The van der Waals surface area contributed by atoms with Crippen LogP contribution in [0.3, 0.4) is 0 Å². The predicted molar refractivity (Wildman–Crippen MR) is 67.9 cm³/mol. The Morgan fingerprint density at radius 3 is 2.56 bits per heavy atom. The summed E-state index contributed by atoms with van der Waals surface area (Å²) in [6, 6.07) is 15.0. The molecule has 0 bridgehead atoms. The Labute approximate surface area is 106 Å². The molecule has 92 valence electrons. The molecule has 1 heterocycles. The molecular weight excluding hydrogens is 228 g/mol. The third-order valence-electron chi connectivity index (χ3n) is 3.34. The maximum Gasteiger partial charge on any atom is 0.152 e. The highest BCUT2D eigenvalue weighted by molar-refractivity contribution is 5.48. The second-order valence-electron chi connectivity index (χ2n) is 4.37. The lowest BCUT2D eigenvalue weighted by molar-refractivity contribution is 0.0559. The molecule has 0 saturated heterocycles. The first kappa shape index (κ1) is 11.1. The van der Waals surface area contributed by atoms with Gasteiger partial charge in [-0.3, -0.25) is 0 Å². The van der Waals surface area contributed by atoms with Crippen LogP contribution in [0.5, 0.6) is 11.5 Å². The van der Waals surface area contributed by atoms with E-state index in [1.165, 1.54) is 0 Å². The number of hydrogen-bond donors (Lipinski definition) is 1. The van der Waals surface area contributed by atoms with Crippen molar-refractivity contribution >= 4 is 0 Å². The van der Waals surface area contributed by atoms with Crippen LogP contribution in [-0.4, -0.2) is 18.8 Å². The van der Waals surface area contributed by atoms with E-state index in [1.807, 2.05) is 48.5 Å². The molecule has 0 aliphatic carbocycles. The number of ether oxygens (including phenoxy) is 2. The number of hydrogen-bond acceptors (Lipinski definition) is 3. The number of methoxy groups -OCH3 is 1. The minimum Gasteiger partial charge on any atom is -0.497 e. The summed E-state index contributed by atoms with van der Waals surface area (Å²) in [5.74, 6) is 1.52. The van der Waals surface area contributed by atoms with E-state index in [4.69, 9.17) is 9.47 Å². The molecule has 0 fully saturated rings. The van der Waals surface area contributed by atoms with Crippen molar-refractivity contribution in [3.05, 3.63) is 59.7 Å². The lowest BCUT2D eigenvalue weighted by Gasteiger charge is -2.22. The van der Waals surface area contributed by atoms with E-state index < -0.39 is 5.60 Å². The van der Waals surface area contributed by atoms with Gasteiger partial charge in [0, 0.05) is 5.56 Å². The Morgan fingerprint density at radius 2 is 1.83 bits per heavy atom. The van der Waals surface area contributed by atoms with Crippen LogP contribution in [0.2, 0.25) is 0 Å². The Bertz CT molecular complexity index is 562. The summed E-state index contributed by atoms with van der Waals surface area (Å²) in [6.45, 7) is 0.249. The maximum absolute atomic E-state index is 10.8. The first-order valence-corrected chi connectivity index (χ1v) is 5.83. The van der Waals surface area contributed by atoms with Gasteiger partial charge in [0.25, 0.3) is 0 Å². The summed E-state index contributed by atoms with van der Waals surface area (Å²) < 4.78 is 10.7. The van der Waals surface area contributed by atoms with Crippen molar-refractivity contribution in [3.8, 4) is 11.5 Å². The predicted octanol–water partition coefficient (Wildman–Crippen LogP) is 2.32. The Kier molecular flexibility index (Phi) is 2.49. The summed E-state index contributed by atoms with van der Waals surface area (Å²) in [5.41, 5.74) is 0.562. The van der Waals surface area contributed by atoms with Gasteiger partial charge in [-0.05, 0) is 23.8 Å². The van der Waals surface area contributed by atoms with Gasteiger partial charge in [-0.2, -0.15) is 0 Å². The summed E-state index contributed by atoms with van der Waals surface area (Å²) in [6.07, 6.45) is 0. The van der Waals surface area contributed by atoms with Gasteiger partial charge in [0.05, 0.1) is 7.11 Å². The molecule has 1 atom stereocenters. The van der Waals surface area contributed by atoms with Crippen LogP contribution in [0.1, 0.15) is 11.1 Å². The smallest absolute Gasteiger partial charge is 0.152 e. The Balaban J connectivity index is 2.05. The molecule has 0 aromatic heterocycles. The zero-order chi connectivity index (χ0) is 12.6. The fraction of sp³-hybridized carbons (Fsp3) is 0.200. The van der Waals surface area contributed by atoms with Crippen molar-refractivity contribution in [1.82, 2.24) is 0 Å². The van der Waals surface area contributed by atoms with Gasteiger partial charge < -0.3 is 14.6 Å². The summed E-state index contributed by atoms with van der Waals surface area (Å²) in [7, 11) is 1.62. The van der Waals surface area contributed by atoms with Crippen LogP contribution in [0.25, 0.3) is 0 Å². The molecule has 0 amide bonds. The van der Waals surface area contributed by atoms with Crippen molar-refractivity contribution in [2.75, 3.05) is 13.7 Å². The zero-order valence-electron chi connectivity index (χ0n) is 10.1. The minimum absolute atomic E-state index is 0.249. The van der Waals surface area contributed by atoms with Crippen LogP contribution < -0.4 is 9.47 Å². The van der Waals surface area contributed by atoms with E-state index in [0.29, 0.717) is 0 Å². The van der Waals surface area contributed by atoms with Crippen molar-refractivity contribution in [1.29, 1.82) is 0 Å². The molecular formula is C15H14O3. The molecule has 3 nitrogen and oxygen atoms in total. The van der Waals surface area contributed by atoms with Crippen molar-refractivity contribution in [2.45, 2.75) is 5.60 Å². The van der Waals surface area contributed by atoms with Crippen LogP contribution in [-0.2, 0) is 5.60 Å². The maximum atomic E-state index is 10.8. The topological polar surface area (TPSA) is 38.7 Å². The number of aliphatic hydroxyl groups is 1. The van der Waals surface area contributed by atoms with E-state index >= 15 is 0 Å². The second kappa shape index (κ2) is 4.03. The van der Waals surface area contributed by atoms with E-state index in [9.17, 15) is 5.11 Å². The lowest BCUT2D eigenvalue weighted by Crippen LogP contribution is -2.28. The molecule has 1 N–H and O–H groups in total. The molecule has 1 unspecified atom stereocenters. The third kappa shape index (κ3) is 1.56. The second-order valence-corrected chi connectivity index (χ2v) is 4.37.